The van der Waals surface area contributed by atoms with Crippen molar-refractivity contribution in [3.8, 4) is 5.75 Å². The number of benzene rings is 1. The van der Waals surface area contributed by atoms with Gasteiger partial charge in [0.05, 0.1) is 11.6 Å². The smallest absolute Gasteiger partial charge is 0.314 e. The molecule has 0 unspecified atom stereocenters. The van der Waals surface area contributed by atoms with Crippen LogP contribution in [0.2, 0.25) is 0 Å². The van der Waals surface area contributed by atoms with Gasteiger partial charge in [-0.2, -0.15) is 0 Å². The minimum Gasteiger partial charge on any atom is -0.505 e. The van der Waals surface area contributed by atoms with Gasteiger partial charge in [-0.25, -0.2) is 4.79 Å². The number of likely N-dealkylation sites (tertiary alicyclic amines) is 1. The average Bonchev–Trinajstić information content (AvgIpc) is 2.35. The van der Waals surface area contributed by atoms with Crippen molar-refractivity contribution >= 4 is 17.6 Å². The highest BCUT2D eigenvalue weighted by Gasteiger charge is 2.35. The first-order valence-electron chi connectivity index (χ1n) is 8.54. The highest BCUT2D eigenvalue weighted by atomic mass is 16.3. The third-order valence-electron chi connectivity index (χ3n) is 4.61. The molecule has 0 radical (unpaired) electrons. The summed E-state index contributed by atoms with van der Waals surface area (Å²) in [5, 5.41) is 13.5. The summed E-state index contributed by atoms with van der Waals surface area (Å²) < 4.78 is 0. The summed E-state index contributed by atoms with van der Waals surface area (Å²) in [5.41, 5.74) is 7.06. The molecule has 6 heteroatoms. The zero-order valence-corrected chi connectivity index (χ0v) is 15.9. The number of hydrogen-bond donors (Lipinski definition) is 3. The molecule has 1 aromatic carbocycles. The second-order valence-corrected chi connectivity index (χ2v) is 8.85. The fraction of sp³-hybridized carbons (Fsp3) is 0.579. The first-order chi connectivity index (χ1) is 11.3. The molecule has 4 N–H and O–H groups in total. The number of carbonyl (C=O) groups excluding carboxylic acids is 2. The lowest BCUT2D eigenvalue weighted by molar-refractivity contribution is -0.123. The van der Waals surface area contributed by atoms with Gasteiger partial charge in [-0.15, -0.1) is 0 Å². The number of phenols is 1. The van der Waals surface area contributed by atoms with Crippen LogP contribution in [0, 0.1) is 5.92 Å². The number of primary amides is 1. The SMILES string of the molecule is CC(C)(C)c1cc(NC(=O)C2CN(C(N)=O)C2)c(O)c(C(C)(C)C)c1. The number of carbonyl (C=O) groups is 2. The molecule has 0 aliphatic carbocycles. The molecule has 3 amide bonds. The summed E-state index contributed by atoms with van der Waals surface area (Å²) in [6.07, 6.45) is 0. The molecular weight excluding hydrogens is 318 g/mol. The van der Waals surface area contributed by atoms with E-state index in [0.717, 1.165) is 11.1 Å². The van der Waals surface area contributed by atoms with Crippen molar-refractivity contribution < 1.29 is 14.7 Å². The molecule has 1 saturated heterocycles. The van der Waals surface area contributed by atoms with Crippen molar-refractivity contribution in [1.82, 2.24) is 4.90 Å². The van der Waals surface area contributed by atoms with Crippen molar-refractivity contribution in [3.63, 3.8) is 0 Å². The molecule has 0 aromatic heterocycles. The molecule has 0 atom stereocenters. The highest BCUT2D eigenvalue weighted by Crippen LogP contribution is 2.40. The van der Waals surface area contributed by atoms with E-state index in [1.54, 1.807) is 0 Å². The Morgan fingerprint density at radius 2 is 1.68 bits per heavy atom. The van der Waals surface area contributed by atoms with Gasteiger partial charge >= 0.3 is 6.03 Å². The van der Waals surface area contributed by atoms with Gasteiger partial charge in [-0.3, -0.25) is 4.79 Å². The van der Waals surface area contributed by atoms with Gasteiger partial charge < -0.3 is 21.1 Å². The van der Waals surface area contributed by atoms with E-state index in [0.29, 0.717) is 18.8 Å². The molecule has 138 valence electrons. The molecule has 1 fully saturated rings. The Kier molecular flexibility index (Phi) is 4.77. The normalized spacial score (nSPS) is 15.7. The van der Waals surface area contributed by atoms with E-state index >= 15 is 0 Å². The van der Waals surface area contributed by atoms with Crippen LogP contribution in [0.5, 0.6) is 5.75 Å². The highest BCUT2D eigenvalue weighted by molar-refractivity contribution is 5.96. The van der Waals surface area contributed by atoms with E-state index in [9.17, 15) is 14.7 Å². The first-order valence-corrected chi connectivity index (χ1v) is 8.54. The zero-order valence-electron chi connectivity index (χ0n) is 15.9. The fourth-order valence-electron chi connectivity index (χ4n) is 2.79. The lowest BCUT2D eigenvalue weighted by Crippen LogP contribution is -2.56. The van der Waals surface area contributed by atoms with E-state index in [4.69, 9.17) is 5.73 Å². The Morgan fingerprint density at radius 1 is 1.12 bits per heavy atom. The topological polar surface area (TPSA) is 95.7 Å². The second-order valence-electron chi connectivity index (χ2n) is 8.85. The lowest BCUT2D eigenvalue weighted by Gasteiger charge is -2.37. The van der Waals surface area contributed by atoms with Crippen molar-refractivity contribution in [2.75, 3.05) is 18.4 Å². The average molecular weight is 347 g/mol. The van der Waals surface area contributed by atoms with Crippen molar-refractivity contribution in [2.45, 2.75) is 52.4 Å². The number of urea groups is 1. The van der Waals surface area contributed by atoms with E-state index in [1.165, 1.54) is 4.90 Å². The quantitative estimate of drug-likeness (QED) is 0.718. The number of nitrogens with zero attached hydrogens (tertiary/aromatic N) is 1. The summed E-state index contributed by atoms with van der Waals surface area (Å²) in [6, 6.07) is 3.31. The van der Waals surface area contributed by atoms with Crippen molar-refractivity contribution in [3.05, 3.63) is 23.3 Å². The summed E-state index contributed by atoms with van der Waals surface area (Å²) in [4.78, 5) is 24.9. The van der Waals surface area contributed by atoms with Gasteiger partial charge in [0.2, 0.25) is 5.91 Å². The molecule has 0 saturated carbocycles. The lowest BCUT2D eigenvalue weighted by atomic mass is 9.79. The molecule has 1 aromatic rings. The van der Waals surface area contributed by atoms with Gasteiger partial charge in [0.15, 0.2) is 0 Å². The van der Waals surface area contributed by atoms with Crippen LogP contribution in [0.4, 0.5) is 10.5 Å². The van der Waals surface area contributed by atoms with E-state index in [1.807, 2.05) is 32.9 Å². The molecule has 1 aliphatic rings. The van der Waals surface area contributed by atoms with Gasteiger partial charge in [-0.1, -0.05) is 47.6 Å². The zero-order chi connectivity index (χ0) is 19.2. The molecule has 1 heterocycles. The second kappa shape index (κ2) is 6.24. The maximum absolute atomic E-state index is 12.4. The largest absolute Gasteiger partial charge is 0.505 e. The van der Waals surface area contributed by atoms with Crippen LogP contribution in [-0.4, -0.2) is 35.0 Å². The number of nitrogens with two attached hydrogens (primary N) is 1. The Hall–Kier alpha value is -2.24. The number of nitrogens with one attached hydrogen (secondary N) is 1. The molecule has 0 spiro atoms. The maximum Gasteiger partial charge on any atom is 0.314 e. The number of rotatable bonds is 2. The molecule has 2 rings (SSSR count). The predicted molar refractivity (Wildman–Crippen MR) is 98.8 cm³/mol. The number of phenolic OH excluding ortho intramolecular Hbond substituents is 1. The fourth-order valence-corrected chi connectivity index (χ4v) is 2.79. The molecule has 25 heavy (non-hydrogen) atoms. The van der Waals surface area contributed by atoms with Gasteiger partial charge in [0.1, 0.15) is 5.75 Å². The van der Waals surface area contributed by atoms with Crippen LogP contribution >= 0.6 is 0 Å². The summed E-state index contributed by atoms with van der Waals surface area (Å²) in [7, 11) is 0. The minimum absolute atomic E-state index is 0.0972. The van der Waals surface area contributed by atoms with Gasteiger partial charge in [0, 0.05) is 18.7 Å². The first kappa shape index (κ1) is 19.1. The Labute approximate surface area is 149 Å². The molecular formula is C19H29N3O3. The maximum atomic E-state index is 12.4. The van der Waals surface area contributed by atoms with Crippen molar-refractivity contribution in [1.29, 1.82) is 0 Å². The monoisotopic (exact) mass is 347 g/mol. The Balaban J connectivity index is 2.31. The number of aromatic hydroxyl groups is 1. The van der Waals surface area contributed by atoms with Crippen LogP contribution in [0.1, 0.15) is 52.7 Å². The number of amides is 3. The summed E-state index contributed by atoms with van der Waals surface area (Å²) in [5.74, 6) is -0.415. The predicted octanol–water partition coefficient (Wildman–Crippen LogP) is 2.94. The Bertz CT molecular complexity index is 693. The van der Waals surface area contributed by atoms with Crippen LogP contribution in [0.15, 0.2) is 12.1 Å². The minimum atomic E-state index is -0.517. The van der Waals surface area contributed by atoms with Gasteiger partial charge in [0.25, 0.3) is 0 Å². The van der Waals surface area contributed by atoms with E-state index < -0.39 is 6.03 Å². The third kappa shape index (κ3) is 4.06. The molecule has 6 nitrogen and oxygen atoms in total. The van der Waals surface area contributed by atoms with Crippen LogP contribution in [0.3, 0.4) is 0 Å². The van der Waals surface area contributed by atoms with Crippen LogP contribution in [-0.2, 0) is 15.6 Å². The summed E-state index contributed by atoms with van der Waals surface area (Å²) in [6.45, 7) is 13.0. The van der Waals surface area contributed by atoms with Crippen LogP contribution < -0.4 is 11.1 Å². The number of hydrogen-bond acceptors (Lipinski definition) is 3. The van der Waals surface area contributed by atoms with E-state index in [-0.39, 0.29) is 28.4 Å². The van der Waals surface area contributed by atoms with Crippen molar-refractivity contribution in [2.24, 2.45) is 11.7 Å². The standard InChI is InChI=1S/C19H29N3O3/c1-18(2,3)12-7-13(19(4,5)6)15(23)14(8-12)21-16(24)11-9-22(10-11)17(20)25/h7-8,11,23H,9-10H2,1-6H3,(H2,20,25)(H,21,24). The van der Waals surface area contributed by atoms with Gasteiger partial charge in [-0.05, 0) is 22.5 Å². The molecule has 0 bridgehead atoms. The Morgan fingerprint density at radius 3 is 2.12 bits per heavy atom. The summed E-state index contributed by atoms with van der Waals surface area (Å²) >= 11 is 0. The number of anilines is 1. The molecule has 1 aliphatic heterocycles. The third-order valence-corrected chi connectivity index (χ3v) is 4.61. The van der Waals surface area contributed by atoms with Crippen LogP contribution in [0.25, 0.3) is 0 Å². The van der Waals surface area contributed by atoms with E-state index in [2.05, 4.69) is 26.1 Å².